The van der Waals surface area contributed by atoms with Gasteiger partial charge in [-0.25, -0.2) is 4.39 Å². The second kappa shape index (κ2) is 8.85. The molecule has 156 valence electrons. The molecule has 1 aromatic heterocycles. The number of hydrogen-bond acceptors (Lipinski definition) is 4. The number of H-pyrrole nitrogens is 1. The van der Waals surface area contributed by atoms with Gasteiger partial charge in [0.25, 0.3) is 5.91 Å². The Morgan fingerprint density at radius 1 is 1.17 bits per heavy atom. The van der Waals surface area contributed by atoms with Crippen LogP contribution in [0.25, 0.3) is 11.3 Å². The molecule has 6 nitrogen and oxygen atoms in total. The largest absolute Gasteiger partial charge is 0.497 e. The van der Waals surface area contributed by atoms with Crippen molar-refractivity contribution < 1.29 is 13.9 Å². The molecule has 0 atom stereocenters. The summed E-state index contributed by atoms with van der Waals surface area (Å²) in [5, 5.41) is 7.54. The average Bonchev–Trinajstić information content (AvgIpc) is 3.27. The fourth-order valence-corrected chi connectivity index (χ4v) is 3.75. The molecule has 1 amide bonds. The van der Waals surface area contributed by atoms with Crippen LogP contribution in [0.4, 0.5) is 4.39 Å². The highest BCUT2D eigenvalue weighted by Gasteiger charge is 2.24. The van der Waals surface area contributed by atoms with E-state index in [9.17, 15) is 9.18 Å². The van der Waals surface area contributed by atoms with E-state index in [-0.39, 0.29) is 11.7 Å². The summed E-state index contributed by atoms with van der Waals surface area (Å²) in [6.07, 6.45) is 0. The number of nitrogens with zero attached hydrogens (tertiary/aromatic N) is 3. The number of piperazine rings is 1. The Morgan fingerprint density at radius 3 is 2.57 bits per heavy atom. The monoisotopic (exact) mass is 428 g/mol. The SMILES string of the molecule is COc1ccc(-c2cc(C(=O)N3CCN(Cc4c(F)cccc4Cl)CC3)[nH]n2)cc1. The summed E-state index contributed by atoms with van der Waals surface area (Å²) in [5.74, 6) is 0.371. The van der Waals surface area contributed by atoms with Crippen molar-refractivity contribution >= 4 is 17.5 Å². The van der Waals surface area contributed by atoms with Gasteiger partial charge in [-0.15, -0.1) is 0 Å². The van der Waals surface area contributed by atoms with Gasteiger partial charge in [-0.1, -0.05) is 17.7 Å². The van der Waals surface area contributed by atoms with Crippen LogP contribution in [0.1, 0.15) is 16.1 Å². The first-order valence-electron chi connectivity index (χ1n) is 9.69. The van der Waals surface area contributed by atoms with Crippen molar-refractivity contribution in [1.29, 1.82) is 0 Å². The van der Waals surface area contributed by atoms with Crippen LogP contribution in [-0.4, -0.2) is 59.2 Å². The smallest absolute Gasteiger partial charge is 0.271 e. The Morgan fingerprint density at radius 2 is 1.90 bits per heavy atom. The Balaban J connectivity index is 1.37. The van der Waals surface area contributed by atoms with Gasteiger partial charge in [-0.2, -0.15) is 5.10 Å². The van der Waals surface area contributed by atoms with Gasteiger partial charge in [0.1, 0.15) is 17.3 Å². The predicted octanol–water partition coefficient (Wildman–Crippen LogP) is 3.84. The number of aromatic nitrogens is 2. The lowest BCUT2D eigenvalue weighted by atomic mass is 10.1. The van der Waals surface area contributed by atoms with Crippen LogP contribution >= 0.6 is 11.6 Å². The van der Waals surface area contributed by atoms with E-state index < -0.39 is 0 Å². The first-order valence-corrected chi connectivity index (χ1v) is 10.1. The van der Waals surface area contributed by atoms with Gasteiger partial charge in [0.05, 0.1) is 12.8 Å². The third-order valence-electron chi connectivity index (χ3n) is 5.30. The minimum absolute atomic E-state index is 0.0918. The summed E-state index contributed by atoms with van der Waals surface area (Å²) in [6, 6.07) is 14.0. The van der Waals surface area contributed by atoms with Crippen LogP contribution in [0, 0.1) is 5.82 Å². The van der Waals surface area contributed by atoms with Crippen LogP contribution < -0.4 is 4.74 Å². The van der Waals surface area contributed by atoms with Crippen molar-refractivity contribution in [2.45, 2.75) is 6.54 Å². The van der Waals surface area contributed by atoms with Crippen molar-refractivity contribution in [2.75, 3.05) is 33.3 Å². The van der Waals surface area contributed by atoms with E-state index in [2.05, 4.69) is 15.1 Å². The molecule has 3 aromatic rings. The molecule has 8 heteroatoms. The summed E-state index contributed by atoms with van der Waals surface area (Å²) in [7, 11) is 1.62. The van der Waals surface area contributed by atoms with Crippen molar-refractivity contribution in [1.82, 2.24) is 20.0 Å². The Hall–Kier alpha value is -2.90. The molecule has 0 bridgehead atoms. The van der Waals surface area contributed by atoms with Crippen molar-refractivity contribution in [3.05, 3.63) is 70.6 Å². The summed E-state index contributed by atoms with van der Waals surface area (Å²) in [4.78, 5) is 16.7. The van der Waals surface area contributed by atoms with Crippen LogP contribution in [0.3, 0.4) is 0 Å². The maximum atomic E-state index is 14.0. The number of methoxy groups -OCH3 is 1. The predicted molar refractivity (Wildman–Crippen MR) is 113 cm³/mol. The minimum atomic E-state index is -0.301. The third kappa shape index (κ3) is 4.32. The van der Waals surface area contributed by atoms with Gasteiger partial charge >= 0.3 is 0 Å². The minimum Gasteiger partial charge on any atom is -0.497 e. The number of hydrogen-bond donors (Lipinski definition) is 1. The first-order chi connectivity index (χ1) is 14.5. The highest BCUT2D eigenvalue weighted by Crippen LogP contribution is 2.23. The molecule has 2 heterocycles. The molecule has 1 aliphatic heterocycles. The molecule has 1 N–H and O–H groups in total. The normalized spacial score (nSPS) is 14.7. The van der Waals surface area contributed by atoms with E-state index in [1.165, 1.54) is 6.07 Å². The van der Waals surface area contributed by atoms with Crippen molar-refractivity contribution in [3.63, 3.8) is 0 Å². The molecule has 1 saturated heterocycles. The summed E-state index contributed by atoms with van der Waals surface area (Å²) in [5.41, 5.74) is 2.55. The van der Waals surface area contributed by atoms with Crippen LogP contribution in [0.15, 0.2) is 48.5 Å². The van der Waals surface area contributed by atoms with E-state index in [1.807, 2.05) is 24.3 Å². The lowest BCUT2D eigenvalue weighted by Gasteiger charge is -2.34. The molecule has 30 heavy (non-hydrogen) atoms. The van der Waals surface area contributed by atoms with E-state index >= 15 is 0 Å². The summed E-state index contributed by atoms with van der Waals surface area (Å²) in [6.45, 7) is 2.84. The maximum Gasteiger partial charge on any atom is 0.271 e. The zero-order valence-electron chi connectivity index (χ0n) is 16.6. The standard InChI is InChI=1S/C22H22ClFN4O2/c1-30-16-7-5-15(6-8-16)20-13-21(26-25-20)22(29)28-11-9-27(10-12-28)14-17-18(23)3-2-4-19(17)24/h2-8,13H,9-12,14H2,1H3,(H,25,26). The highest BCUT2D eigenvalue weighted by atomic mass is 35.5. The average molecular weight is 429 g/mol. The Bertz CT molecular complexity index is 1010. The van der Waals surface area contributed by atoms with Gasteiger partial charge in [0, 0.05) is 48.9 Å². The third-order valence-corrected chi connectivity index (χ3v) is 5.65. The number of amides is 1. The van der Waals surface area contributed by atoms with Crippen LogP contribution in [0.5, 0.6) is 5.75 Å². The second-order valence-corrected chi connectivity index (χ2v) is 7.57. The number of halogens is 2. The van der Waals surface area contributed by atoms with E-state index in [0.717, 1.165) is 11.3 Å². The van der Waals surface area contributed by atoms with Gasteiger partial charge < -0.3 is 9.64 Å². The fourth-order valence-electron chi connectivity index (χ4n) is 3.53. The molecule has 0 aliphatic carbocycles. The number of benzene rings is 2. The maximum absolute atomic E-state index is 14.0. The van der Waals surface area contributed by atoms with Gasteiger partial charge in [0.2, 0.25) is 0 Å². The van der Waals surface area contributed by atoms with E-state index in [0.29, 0.717) is 54.7 Å². The molecular weight excluding hydrogens is 407 g/mol. The zero-order chi connectivity index (χ0) is 21.1. The van der Waals surface area contributed by atoms with Crippen molar-refractivity contribution in [2.24, 2.45) is 0 Å². The lowest BCUT2D eigenvalue weighted by molar-refractivity contribution is 0.0621. The number of nitrogens with one attached hydrogen (secondary N) is 1. The Labute approximate surface area is 179 Å². The van der Waals surface area contributed by atoms with Crippen molar-refractivity contribution in [3.8, 4) is 17.0 Å². The number of rotatable bonds is 5. The van der Waals surface area contributed by atoms with Crippen LogP contribution in [-0.2, 0) is 6.54 Å². The first kappa shape index (κ1) is 20.4. The number of aromatic amines is 1. The van der Waals surface area contributed by atoms with Gasteiger partial charge in [-0.3, -0.25) is 14.8 Å². The van der Waals surface area contributed by atoms with Gasteiger partial charge in [0.15, 0.2) is 0 Å². The number of ether oxygens (including phenoxy) is 1. The summed E-state index contributed by atoms with van der Waals surface area (Å²) < 4.78 is 19.2. The van der Waals surface area contributed by atoms with Crippen LogP contribution in [0.2, 0.25) is 5.02 Å². The number of carbonyl (C=O) groups is 1. The summed E-state index contributed by atoms with van der Waals surface area (Å²) >= 11 is 6.13. The van der Waals surface area contributed by atoms with Gasteiger partial charge in [-0.05, 0) is 42.5 Å². The Kier molecular flexibility index (Phi) is 6.01. The zero-order valence-corrected chi connectivity index (χ0v) is 17.3. The quantitative estimate of drug-likeness (QED) is 0.670. The molecule has 4 rings (SSSR count). The molecule has 1 fully saturated rings. The molecule has 0 radical (unpaired) electrons. The molecular formula is C22H22ClFN4O2. The lowest BCUT2D eigenvalue weighted by Crippen LogP contribution is -2.48. The molecule has 1 aliphatic rings. The van der Waals surface area contributed by atoms with E-state index in [1.54, 1.807) is 30.2 Å². The van der Waals surface area contributed by atoms with E-state index in [4.69, 9.17) is 16.3 Å². The number of carbonyl (C=O) groups excluding carboxylic acids is 1. The molecule has 0 unspecified atom stereocenters. The molecule has 2 aromatic carbocycles. The molecule has 0 spiro atoms. The highest BCUT2D eigenvalue weighted by molar-refractivity contribution is 6.31. The topological polar surface area (TPSA) is 61.5 Å². The molecule has 0 saturated carbocycles. The second-order valence-electron chi connectivity index (χ2n) is 7.16. The fraction of sp³-hybridized carbons (Fsp3) is 0.273.